The van der Waals surface area contributed by atoms with Gasteiger partial charge in [-0.05, 0) is 25.1 Å². The summed E-state index contributed by atoms with van der Waals surface area (Å²) < 4.78 is 21.3. The molecule has 14 heteroatoms. The maximum atomic E-state index is 15.0. The minimum atomic E-state index is -1.43. The van der Waals surface area contributed by atoms with E-state index in [1.165, 1.54) is 36.2 Å². The third kappa shape index (κ3) is 4.46. The first-order valence-corrected chi connectivity index (χ1v) is 10.3. The number of carbonyl (C=O) groups excluding carboxylic acids is 1. The van der Waals surface area contributed by atoms with E-state index in [0.717, 1.165) is 6.07 Å². The molecule has 3 aromatic rings. The van der Waals surface area contributed by atoms with Crippen LogP contribution < -0.4 is 15.4 Å². The van der Waals surface area contributed by atoms with Crippen molar-refractivity contribution in [2.24, 2.45) is 4.99 Å². The highest BCUT2D eigenvalue weighted by molar-refractivity contribution is 6.30. The summed E-state index contributed by atoms with van der Waals surface area (Å²) in [7, 11) is 1.41. The molecule has 1 aromatic carbocycles. The number of carbonyl (C=O) groups is 2. The Hall–Kier alpha value is -4.57. The summed E-state index contributed by atoms with van der Waals surface area (Å²) in [4.78, 5) is 40.2. The molecule has 1 aliphatic rings. The summed E-state index contributed by atoms with van der Waals surface area (Å²) >= 11 is 6.04. The molecular formula is C21H16ClFN8O4. The molecular weight excluding hydrogens is 483 g/mol. The minimum absolute atomic E-state index is 0.00267. The molecule has 3 heterocycles. The topological polar surface area (TPSA) is 167 Å². The van der Waals surface area contributed by atoms with Gasteiger partial charge in [0.15, 0.2) is 22.5 Å². The number of halogens is 2. The van der Waals surface area contributed by atoms with Crippen LogP contribution in [0, 0.1) is 17.1 Å². The third-order valence-electron chi connectivity index (χ3n) is 5.17. The van der Waals surface area contributed by atoms with Gasteiger partial charge in [-0.2, -0.15) is 5.26 Å². The van der Waals surface area contributed by atoms with Crippen molar-refractivity contribution in [3.8, 4) is 11.9 Å². The van der Waals surface area contributed by atoms with Crippen LogP contribution in [0.5, 0.6) is 5.88 Å². The average molecular weight is 499 g/mol. The van der Waals surface area contributed by atoms with Crippen LogP contribution in [-0.4, -0.2) is 49.6 Å². The van der Waals surface area contributed by atoms with Crippen LogP contribution >= 0.6 is 11.6 Å². The Morgan fingerprint density at radius 2 is 2.09 bits per heavy atom. The number of imidazole rings is 1. The molecule has 0 radical (unpaired) electrons. The van der Waals surface area contributed by atoms with Crippen LogP contribution in [0.4, 0.5) is 14.9 Å². The molecule has 178 valence electrons. The van der Waals surface area contributed by atoms with Crippen LogP contribution in [0.1, 0.15) is 34.5 Å². The van der Waals surface area contributed by atoms with E-state index in [9.17, 15) is 20.0 Å². The van der Waals surface area contributed by atoms with E-state index in [1.54, 1.807) is 6.92 Å². The Balaban J connectivity index is 1.72. The molecule has 4 rings (SSSR count). The van der Waals surface area contributed by atoms with E-state index < -0.39 is 23.4 Å². The number of ether oxygens (including phenoxy) is 1. The largest absolute Gasteiger partial charge is 0.480 e. The van der Waals surface area contributed by atoms with E-state index in [4.69, 9.17) is 16.3 Å². The molecule has 35 heavy (non-hydrogen) atoms. The molecule has 0 spiro atoms. The Morgan fingerprint density at radius 3 is 2.71 bits per heavy atom. The molecule has 0 fully saturated rings. The van der Waals surface area contributed by atoms with Crippen molar-refractivity contribution < 1.29 is 23.8 Å². The van der Waals surface area contributed by atoms with Gasteiger partial charge in [0.1, 0.15) is 23.1 Å². The van der Waals surface area contributed by atoms with Gasteiger partial charge in [0, 0.05) is 11.3 Å². The Labute approximate surface area is 202 Å². The number of hydrogen-bond acceptors (Lipinski definition) is 8. The maximum Gasteiger partial charge on any atom is 0.410 e. The highest BCUT2D eigenvalue weighted by Gasteiger charge is 2.38. The second-order valence-electron chi connectivity index (χ2n) is 7.53. The summed E-state index contributed by atoms with van der Waals surface area (Å²) in [5, 5.41) is 23.3. The first-order chi connectivity index (χ1) is 16.6. The van der Waals surface area contributed by atoms with Crippen molar-refractivity contribution in [1.82, 2.24) is 24.8 Å². The van der Waals surface area contributed by atoms with Crippen molar-refractivity contribution in [2.45, 2.75) is 19.0 Å². The molecule has 1 unspecified atom stereocenters. The molecule has 0 aliphatic carbocycles. The first kappa shape index (κ1) is 23.6. The zero-order valence-corrected chi connectivity index (χ0v) is 19.0. The van der Waals surface area contributed by atoms with Crippen LogP contribution in [0.15, 0.2) is 35.6 Å². The van der Waals surface area contributed by atoms with Crippen LogP contribution in [0.3, 0.4) is 0 Å². The molecule has 0 saturated carbocycles. The van der Waals surface area contributed by atoms with E-state index in [-0.39, 0.29) is 51.9 Å². The van der Waals surface area contributed by atoms with Gasteiger partial charge >= 0.3 is 6.09 Å². The van der Waals surface area contributed by atoms with Crippen molar-refractivity contribution >= 4 is 35.1 Å². The van der Waals surface area contributed by atoms with Gasteiger partial charge in [-0.3, -0.25) is 15.1 Å². The lowest BCUT2D eigenvalue weighted by Crippen LogP contribution is -2.42. The number of hydrogen-bond donors (Lipinski definition) is 3. The summed E-state index contributed by atoms with van der Waals surface area (Å²) in [6.07, 6.45) is 1.07. The zero-order chi connectivity index (χ0) is 25.3. The standard InChI is InChI=1S/C21H16ClFN8O4/c1-21(9-31-14(6-24)16(22)28-18(31)17(30-21)29-20(33)34)11-5-10(3-4-12(11)23)27-19(32)13-7-26-15(35-2)8-25-13/h3-5,7-8H,9H2,1-2H3,(H,27,32)(H,29,30)(H,33,34). The molecule has 0 bridgehead atoms. The fourth-order valence-corrected chi connectivity index (χ4v) is 3.81. The quantitative estimate of drug-likeness (QED) is 0.493. The zero-order valence-electron chi connectivity index (χ0n) is 18.2. The number of anilines is 1. The monoisotopic (exact) mass is 498 g/mol. The van der Waals surface area contributed by atoms with Gasteiger partial charge in [-0.25, -0.2) is 24.1 Å². The summed E-state index contributed by atoms with van der Waals surface area (Å²) in [5.74, 6) is -1.22. The molecule has 1 atom stereocenters. The predicted molar refractivity (Wildman–Crippen MR) is 120 cm³/mol. The molecule has 2 amide bonds. The van der Waals surface area contributed by atoms with E-state index in [1.807, 2.05) is 6.07 Å². The number of aliphatic imine (C=N–C) groups is 1. The molecule has 0 saturated heterocycles. The minimum Gasteiger partial charge on any atom is -0.480 e. The second kappa shape index (κ2) is 8.99. The number of carboxylic acid groups (broad SMARTS) is 1. The van der Waals surface area contributed by atoms with Crippen molar-refractivity contribution in [2.75, 3.05) is 12.4 Å². The number of aromatic nitrogens is 4. The first-order valence-electron chi connectivity index (χ1n) is 9.89. The van der Waals surface area contributed by atoms with Gasteiger partial charge in [0.2, 0.25) is 5.88 Å². The van der Waals surface area contributed by atoms with Crippen LogP contribution in [0.25, 0.3) is 0 Å². The van der Waals surface area contributed by atoms with Crippen LogP contribution in [-0.2, 0) is 12.1 Å². The molecule has 2 aromatic heterocycles. The van der Waals surface area contributed by atoms with Crippen molar-refractivity contribution in [1.29, 1.82) is 5.26 Å². The van der Waals surface area contributed by atoms with Gasteiger partial charge in [0.05, 0.1) is 26.0 Å². The lowest BCUT2D eigenvalue weighted by molar-refractivity contribution is 0.102. The highest BCUT2D eigenvalue weighted by Crippen LogP contribution is 2.36. The number of nitrogens with one attached hydrogen (secondary N) is 2. The van der Waals surface area contributed by atoms with Gasteiger partial charge in [0.25, 0.3) is 5.91 Å². The Morgan fingerprint density at radius 1 is 1.31 bits per heavy atom. The fraction of sp³-hybridized carbons (Fsp3) is 0.190. The van der Waals surface area contributed by atoms with Gasteiger partial charge in [-0.15, -0.1) is 0 Å². The number of amidine groups is 1. The van der Waals surface area contributed by atoms with Crippen LogP contribution in [0.2, 0.25) is 5.15 Å². The second-order valence-corrected chi connectivity index (χ2v) is 7.89. The lowest BCUT2D eigenvalue weighted by Gasteiger charge is -2.32. The normalized spacial score (nSPS) is 16.5. The molecule has 12 nitrogen and oxygen atoms in total. The lowest BCUT2D eigenvalue weighted by atomic mass is 9.90. The molecule has 3 N–H and O–H groups in total. The number of nitrogens with zero attached hydrogens (tertiary/aromatic N) is 6. The Kier molecular flexibility index (Phi) is 6.06. The number of amides is 2. The average Bonchev–Trinajstić information content (AvgIpc) is 3.14. The summed E-state index contributed by atoms with van der Waals surface area (Å²) in [6.45, 7) is 1.47. The van der Waals surface area contributed by atoms with Crippen molar-refractivity contribution in [3.05, 3.63) is 64.3 Å². The summed E-state index contributed by atoms with van der Waals surface area (Å²) in [6, 6.07) is 5.76. The van der Waals surface area contributed by atoms with Gasteiger partial charge < -0.3 is 19.7 Å². The summed E-state index contributed by atoms with van der Waals surface area (Å²) in [5.41, 5.74) is -1.17. The number of rotatable bonds is 4. The van der Waals surface area contributed by atoms with Gasteiger partial charge in [-0.1, -0.05) is 11.6 Å². The number of nitriles is 1. The van der Waals surface area contributed by atoms with Crippen molar-refractivity contribution in [3.63, 3.8) is 0 Å². The number of benzene rings is 1. The number of fused-ring (bicyclic) bond motifs is 1. The predicted octanol–water partition coefficient (Wildman–Crippen LogP) is 2.54. The van der Waals surface area contributed by atoms with E-state index in [2.05, 4.69) is 30.6 Å². The van der Waals surface area contributed by atoms with E-state index in [0.29, 0.717) is 0 Å². The number of methoxy groups -OCH3 is 1. The Bertz CT molecular complexity index is 1420. The SMILES string of the molecule is COc1cnc(C(=O)Nc2ccc(F)c(C3(C)Cn4c(nc(Cl)c4C#N)C(NC(=O)O)=N3)c2)cn1. The maximum absolute atomic E-state index is 15.0. The molecule has 1 aliphatic heterocycles. The third-order valence-corrected chi connectivity index (χ3v) is 5.43. The smallest absolute Gasteiger partial charge is 0.410 e. The fourth-order valence-electron chi connectivity index (χ4n) is 3.59. The highest BCUT2D eigenvalue weighted by atomic mass is 35.5. The van der Waals surface area contributed by atoms with E-state index >= 15 is 4.39 Å².